The number of aromatic nitrogens is 1. The predicted molar refractivity (Wildman–Crippen MR) is 101 cm³/mol. The molecule has 142 valence electrons. The van der Waals surface area contributed by atoms with E-state index in [1.165, 1.54) is 0 Å². The molecule has 3 heterocycles. The van der Waals surface area contributed by atoms with Crippen molar-refractivity contribution in [3.05, 3.63) is 30.1 Å². The zero-order valence-corrected chi connectivity index (χ0v) is 16.2. The summed E-state index contributed by atoms with van der Waals surface area (Å²) in [7, 11) is -3.12. The van der Waals surface area contributed by atoms with E-state index < -0.39 is 9.84 Å². The average molecular weight is 411 g/mol. The number of nitrogens with two attached hydrogens (primary N) is 1. The van der Waals surface area contributed by atoms with Crippen LogP contribution in [-0.2, 0) is 21.2 Å². The van der Waals surface area contributed by atoms with E-state index in [0.717, 1.165) is 5.69 Å². The molecule has 0 spiro atoms. The highest BCUT2D eigenvalue weighted by atomic mass is 35.5. The molecular formula is C15H24Cl2N4O3S. The van der Waals surface area contributed by atoms with Crippen LogP contribution in [0.25, 0.3) is 0 Å². The summed E-state index contributed by atoms with van der Waals surface area (Å²) in [6.07, 6.45) is 2.00. The van der Waals surface area contributed by atoms with Crippen LogP contribution >= 0.6 is 24.8 Å². The summed E-state index contributed by atoms with van der Waals surface area (Å²) in [6.45, 7) is 2.10. The molecular weight excluding hydrogens is 387 g/mol. The molecule has 3 rings (SSSR count). The topological polar surface area (TPSA) is 96.6 Å². The molecule has 0 unspecified atom stereocenters. The Kier molecular flexibility index (Phi) is 8.08. The quantitative estimate of drug-likeness (QED) is 0.754. The van der Waals surface area contributed by atoms with Crippen LogP contribution in [0, 0.1) is 0 Å². The molecule has 2 aliphatic rings. The smallest absolute Gasteiger partial charge is 0.224 e. The van der Waals surface area contributed by atoms with Gasteiger partial charge in [-0.2, -0.15) is 0 Å². The number of rotatable bonds is 4. The molecule has 1 aromatic heterocycles. The zero-order chi connectivity index (χ0) is 16.4. The van der Waals surface area contributed by atoms with Crippen molar-refractivity contribution in [3.8, 4) is 0 Å². The van der Waals surface area contributed by atoms with Gasteiger partial charge < -0.3 is 10.6 Å². The molecule has 0 bridgehead atoms. The van der Waals surface area contributed by atoms with E-state index in [0.29, 0.717) is 19.6 Å². The van der Waals surface area contributed by atoms with Crippen molar-refractivity contribution in [2.45, 2.75) is 25.0 Å². The van der Waals surface area contributed by atoms with Crippen LogP contribution in [0.2, 0.25) is 0 Å². The molecule has 2 aliphatic heterocycles. The van der Waals surface area contributed by atoms with Crippen LogP contribution in [0.4, 0.5) is 0 Å². The van der Waals surface area contributed by atoms with Crippen molar-refractivity contribution in [1.29, 1.82) is 0 Å². The molecule has 2 atom stereocenters. The lowest BCUT2D eigenvalue weighted by atomic mass is 10.0. The van der Waals surface area contributed by atoms with E-state index in [9.17, 15) is 13.2 Å². The van der Waals surface area contributed by atoms with Gasteiger partial charge in [0.05, 0.1) is 23.2 Å². The lowest BCUT2D eigenvalue weighted by Gasteiger charge is -2.43. The number of sulfone groups is 1. The van der Waals surface area contributed by atoms with Crippen LogP contribution in [0.3, 0.4) is 0 Å². The van der Waals surface area contributed by atoms with Crippen LogP contribution in [0.15, 0.2) is 24.4 Å². The number of piperazine rings is 1. The summed E-state index contributed by atoms with van der Waals surface area (Å²) in [4.78, 5) is 20.4. The maximum Gasteiger partial charge on any atom is 0.224 e. The van der Waals surface area contributed by atoms with E-state index in [1.807, 2.05) is 18.2 Å². The molecule has 0 aromatic carbocycles. The Hall–Kier alpha value is -0.930. The summed E-state index contributed by atoms with van der Waals surface area (Å²) in [6, 6.07) is 5.29. The molecule has 2 saturated heterocycles. The molecule has 25 heavy (non-hydrogen) atoms. The van der Waals surface area contributed by atoms with E-state index in [4.69, 9.17) is 5.73 Å². The second kappa shape index (κ2) is 9.14. The molecule has 0 saturated carbocycles. The monoisotopic (exact) mass is 410 g/mol. The molecule has 0 aliphatic carbocycles. The van der Waals surface area contributed by atoms with Gasteiger partial charge in [0.2, 0.25) is 5.91 Å². The van der Waals surface area contributed by atoms with E-state index in [2.05, 4.69) is 9.88 Å². The number of carbonyl (C=O) groups is 1. The standard InChI is InChI=1S/C15H22N4O3S.2ClH/c16-5-4-15(20)19-8-7-18(9-12-3-1-2-6-17-12)13-10-23(21,22)11-14(13)19;;/h1-3,6,13-14H,4-5,7-11,16H2;2*1H/t13-,14+;;/m1../s1. The van der Waals surface area contributed by atoms with Crippen molar-refractivity contribution in [3.63, 3.8) is 0 Å². The highest BCUT2D eigenvalue weighted by molar-refractivity contribution is 7.91. The van der Waals surface area contributed by atoms with E-state index in [-0.39, 0.29) is 67.3 Å². The maximum atomic E-state index is 12.2. The minimum absolute atomic E-state index is 0. The van der Waals surface area contributed by atoms with E-state index >= 15 is 0 Å². The van der Waals surface area contributed by atoms with Crippen molar-refractivity contribution in [2.75, 3.05) is 31.1 Å². The van der Waals surface area contributed by atoms with Crippen LogP contribution in [0.1, 0.15) is 12.1 Å². The first kappa shape index (κ1) is 22.1. The van der Waals surface area contributed by atoms with Gasteiger partial charge in [-0.25, -0.2) is 8.42 Å². The fraction of sp³-hybridized carbons (Fsp3) is 0.600. The van der Waals surface area contributed by atoms with Crippen molar-refractivity contribution < 1.29 is 13.2 Å². The maximum absolute atomic E-state index is 12.2. The third-order valence-electron chi connectivity index (χ3n) is 4.56. The first-order valence-corrected chi connectivity index (χ1v) is 9.66. The molecule has 2 fully saturated rings. The van der Waals surface area contributed by atoms with Gasteiger partial charge in [0, 0.05) is 44.8 Å². The first-order valence-electron chi connectivity index (χ1n) is 7.84. The number of nitrogens with zero attached hydrogens (tertiary/aromatic N) is 3. The number of amides is 1. The number of pyridine rings is 1. The lowest BCUT2D eigenvalue weighted by molar-refractivity contribution is -0.136. The predicted octanol–water partition coefficient (Wildman–Crippen LogP) is 0.0838. The number of carbonyl (C=O) groups excluding carboxylic acids is 1. The Balaban J connectivity index is 0.00000156. The lowest BCUT2D eigenvalue weighted by Crippen LogP contribution is -2.60. The normalized spacial score (nSPS) is 24.8. The number of halogens is 2. The van der Waals surface area contributed by atoms with E-state index in [1.54, 1.807) is 11.1 Å². The van der Waals surface area contributed by atoms with Gasteiger partial charge in [-0.05, 0) is 12.1 Å². The SMILES string of the molecule is Cl.Cl.NCCC(=O)N1CCN(Cc2ccccn2)[C@@H]2CS(=O)(=O)C[C@@H]21. The highest BCUT2D eigenvalue weighted by Crippen LogP contribution is 2.28. The summed E-state index contributed by atoms with van der Waals surface area (Å²) < 4.78 is 24.2. The molecule has 2 N–H and O–H groups in total. The summed E-state index contributed by atoms with van der Waals surface area (Å²) >= 11 is 0. The fourth-order valence-electron chi connectivity index (χ4n) is 3.50. The summed E-state index contributed by atoms with van der Waals surface area (Å²) in [5.74, 6) is 0.112. The summed E-state index contributed by atoms with van der Waals surface area (Å²) in [5.41, 5.74) is 6.39. The summed E-state index contributed by atoms with van der Waals surface area (Å²) in [5, 5.41) is 0. The van der Waals surface area contributed by atoms with Gasteiger partial charge in [-0.15, -0.1) is 24.8 Å². The Bertz CT molecular complexity index is 675. The Labute approximate surface area is 160 Å². The van der Waals surface area contributed by atoms with Crippen molar-refractivity contribution >= 4 is 40.6 Å². The Morgan fingerprint density at radius 1 is 1.20 bits per heavy atom. The number of fused-ring (bicyclic) bond motifs is 1. The Morgan fingerprint density at radius 3 is 2.56 bits per heavy atom. The molecule has 0 radical (unpaired) electrons. The second-order valence-electron chi connectivity index (χ2n) is 6.13. The minimum Gasteiger partial charge on any atom is -0.336 e. The first-order chi connectivity index (χ1) is 11.0. The van der Waals surface area contributed by atoms with Gasteiger partial charge in [0.1, 0.15) is 0 Å². The largest absolute Gasteiger partial charge is 0.336 e. The molecule has 1 amide bonds. The zero-order valence-electron chi connectivity index (χ0n) is 13.8. The van der Waals surface area contributed by atoms with Gasteiger partial charge in [0.25, 0.3) is 0 Å². The van der Waals surface area contributed by atoms with Crippen molar-refractivity contribution in [1.82, 2.24) is 14.8 Å². The average Bonchev–Trinajstić information content (AvgIpc) is 2.84. The third-order valence-corrected chi connectivity index (χ3v) is 6.26. The van der Waals surface area contributed by atoms with Gasteiger partial charge in [-0.1, -0.05) is 6.07 Å². The van der Waals surface area contributed by atoms with Gasteiger partial charge >= 0.3 is 0 Å². The second-order valence-corrected chi connectivity index (χ2v) is 8.28. The molecule has 10 heteroatoms. The van der Waals surface area contributed by atoms with Gasteiger partial charge in [-0.3, -0.25) is 14.7 Å². The minimum atomic E-state index is -3.12. The van der Waals surface area contributed by atoms with Crippen LogP contribution in [0.5, 0.6) is 0 Å². The van der Waals surface area contributed by atoms with Crippen molar-refractivity contribution in [2.24, 2.45) is 5.73 Å². The number of hydrogen-bond donors (Lipinski definition) is 1. The van der Waals surface area contributed by atoms with Crippen LogP contribution < -0.4 is 5.73 Å². The Morgan fingerprint density at radius 2 is 1.92 bits per heavy atom. The van der Waals surface area contributed by atoms with Gasteiger partial charge in [0.15, 0.2) is 9.84 Å². The molecule has 1 aromatic rings. The number of hydrogen-bond acceptors (Lipinski definition) is 6. The third kappa shape index (κ3) is 5.04. The van der Waals surface area contributed by atoms with Crippen LogP contribution in [-0.4, -0.2) is 72.3 Å². The highest BCUT2D eigenvalue weighted by Gasteiger charge is 2.47. The molecule has 7 nitrogen and oxygen atoms in total. The fourth-order valence-corrected chi connectivity index (χ4v) is 5.51.